The third kappa shape index (κ3) is 3.93. The molecule has 154 valence electrons. The number of benzene rings is 1. The van der Waals surface area contributed by atoms with Gasteiger partial charge in [-0.3, -0.25) is 9.20 Å². The van der Waals surface area contributed by atoms with Crippen LogP contribution >= 0.6 is 11.6 Å². The molecule has 0 bridgehead atoms. The van der Waals surface area contributed by atoms with Gasteiger partial charge in [-0.15, -0.1) is 10.2 Å². The average molecular weight is 423 g/mol. The zero-order valence-electron chi connectivity index (χ0n) is 17.2. The second-order valence-corrected chi connectivity index (χ2v) is 7.72. The number of aromatic nitrogens is 5. The van der Waals surface area contributed by atoms with Gasteiger partial charge >= 0.3 is 0 Å². The summed E-state index contributed by atoms with van der Waals surface area (Å²) in [5, 5.41) is 16.6. The lowest BCUT2D eigenvalue weighted by Gasteiger charge is -2.08. The monoisotopic (exact) mass is 422 g/mol. The topological polar surface area (TPSA) is 77.1 Å². The summed E-state index contributed by atoms with van der Waals surface area (Å²) in [5.74, 6) is 0.777. The molecule has 0 saturated carbocycles. The molecule has 1 N–H and O–H groups in total. The van der Waals surface area contributed by atoms with Crippen LogP contribution in [0.5, 0.6) is 0 Å². The Labute approximate surface area is 179 Å². The van der Waals surface area contributed by atoms with Crippen molar-refractivity contribution in [2.24, 2.45) is 0 Å². The van der Waals surface area contributed by atoms with Gasteiger partial charge < -0.3 is 5.32 Å². The Balaban J connectivity index is 1.42. The van der Waals surface area contributed by atoms with Gasteiger partial charge in [-0.05, 0) is 50.6 Å². The standard InChI is InChI=1S/C22H23ClN6O/c1-14-7-8-17(12-19(14)23)29-16(3)18(15(2)27-29)13-22(30)24-10-9-21-26-25-20-6-4-5-11-28(20)21/h4-8,11-12H,9-10,13H2,1-3H3,(H,24,30). The first kappa shape index (κ1) is 20.1. The molecule has 30 heavy (non-hydrogen) atoms. The molecule has 3 aromatic heterocycles. The van der Waals surface area contributed by atoms with E-state index in [1.807, 2.05) is 72.4 Å². The van der Waals surface area contributed by atoms with Crippen molar-refractivity contribution in [3.63, 3.8) is 0 Å². The Bertz CT molecular complexity index is 1230. The van der Waals surface area contributed by atoms with E-state index in [1.165, 1.54) is 0 Å². The number of carbonyl (C=O) groups is 1. The van der Waals surface area contributed by atoms with E-state index in [0.29, 0.717) is 18.0 Å². The average Bonchev–Trinajstić information content (AvgIpc) is 3.26. The number of amides is 1. The highest BCUT2D eigenvalue weighted by atomic mass is 35.5. The van der Waals surface area contributed by atoms with Crippen molar-refractivity contribution in [2.75, 3.05) is 6.54 Å². The lowest BCUT2D eigenvalue weighted by Crippen LogP contribution is -2.28. The molecule has 0 aliphatic heterocycles. The van der Waals surface area contributed by atoms with Gasteiger partial charge in [0.1, 0.15) is 5.82 Å². The Hall–Kier alpha value is -3.19. The molecule has 0 unspecified atom stereocenters. The molecule has 4 rings (SSSR count). The predicted molar refractivity (Wildman–Crippen MR) is 116 cm³/mol. The fourth-order valence-electron chi connectivity index (χ4n) is 3.49. The summed E-state index contributed by atoms with van der Waals surface area (Å²) >= 11 is 6.27. The van der Waals surface area contributed by atoms with Crippen LogP contribution in [0.1, 0.15) is 28.3 Å². The van der Waals surface area contributed by atoms with Crippen LogP contribution in [0.2, 0.25) is 5.02 Å². The number of fused-ring (bicyclic) bond motifs is 1. The van der Waals surface area contributed by atoms with Crippen molar-refractivity contribution >= 4 is 23.2 Å². The minimum absolute atomic E-state index is 0.0449. The summed E-state index contributed by atoms with van der Waals surface area (Å²) in [7, 11) is 0. The molecule has 7 nitrogen and oxygen atoms in total. The highest BCUT2D eigenvalue weighted by Crippen LogP contribution is 2.23. The number of halogens is 1. The summed E-state index contributed by atoms with van der Waals surface area (Å²) in [6, 6.07) is 11.6. The van der Waals surface area contributed by atoms with Crippen LogP contribution in [0.15, 0.2) is 42.6 Å². The molecular formula is C22H23ClN6O. The van der Waals surface area contributed by atoms with Gasteiger partial charge in [0.15, 0.2) is 5.65 Å². The van der Waals surface area contributed by atoms with Crippen molar-refractivity contribution in [3.05, 3.63) is 76.0 Å². The van der Waals surface area contributed by atoms with E-state index in [-0.39, 0.29) is 12.3 Å². The van der Waals surface area contributed by atoms with Gasteiger partial charge in [0.25, 0.3) is 0 Å². The number of hydrogen-bond acceptors (Lipinski definition) is 4. The van der Waals surface area contributed by atoms with Crippen LogP contribution in [-0.2, 0) is 17.6 Å². The Kier molecular flexibility index (Phi) is 5.55. The minimum atomic E-state index is -0.0449. The second kappa shape index (κ2) is 8.28. The van der Waals surface area contributed by atoms with E-state index in [2.05, 4.69) is 20.6 Å². The lowest BCUT2D eigenvalue weighted by atomic mass is 10.1. The van der Waals surface area contributed by atoms with Crippen molar-refractivity contribution in [1.82, 2.24) is 29.7 Å². The Morgan fingerprint density at radius 2 is 1.97 bits per heavy atom. The third-order valence-corrected chi connectivity index (χ3v) is 5.64. The molecule has 1 aromatic carbocycles. The zero-order chi connectivity index (χ0) is 21.3. The highest BCUT2D eigenvalue weighted by Gasteiger charge is 2.16. The van der Waals surface area contributed by atoms with Gasteiger partial charge in [0.05, 0.1) is 17.8 Å². The maximum absolute atomic E-state index is 12.5. The smallest absolute Gasteiger partial charge is 0.224 e. The molecule has 0 aliphatic rings. The van der Waals surface area contributed by atoms with Crippen molar-refractivity contribution in [1.29, 1.82) is 0 Å². The molecule has 8 heteroatoms. The minimum Gasteiger partial charge on any atom is -0.355 e. The van der Waals surface area contributed by atoms with Gasteiger partial charge in [-0.25, -0.2) is 4.68 Å². The van der Waals surface area contributed by atoms with Crippen LogP contribution < -0.4 is 5.32 Å². The van der Waals surface area contributed by atoms with E-state index >= 15 is 0 Å². The number of carbonyl (C=O) groups excluding carboxylic acids is 1. The van der Waals surface area contributed by atoms with Gasteiger partial charge in [0.2, 0.25) is 5.91 Å². The second-order valence-electron chi connectivity index (χ2n) is 7.32. The van der Waals surface area contributed by atoms with Gasteiger partial charge in [0, 0.05) is 35.4 Å². The van der Waals surface area contributed by atoms with Crippen molar-refractivity contribution < 1.29 is 4.79 Å². The number of aryl methyl sites for hydroxylation is 2. The summed E-state index contributed by atoms with van der Waals surface area (Å²) in [4.78, 5) is 12.5. The molecule has 0 atom stereocenters. The summed E-state index contributed by atoms with van der Waals surface area (Å²) in [6.07, 6.45) is 2.80. The van der Waals surface area contributed by atoms with Crippen molar-refractivity contribution in [3.8, 4) is 5.69 Å². The van der Waals surface area contributed by atoms with E-state index in [0.717, 1.165) is 39.7 Å². The SMILES string of the molecule is Cc1ccc(-n2nc(C)c(CC(=O)NCCc3nnc4ccccn34)c2C)cc1Cl. The molecule has 0 spiro atoms. The Morgan fingerprint density at radius 3 is 2.77 bits per heavy atom. The third-order valence-electron chi connectivity index (χ3n) is 5.23. The zero-order valence-corrected chi connectivity index (χ0v) is 17.9. The molecule has 0 radical (unpaired) electrons. The number of nitrogens with zero attached hydrogens (tertiary/aromatic N) is 5. The number of hydrogen-bond donors (Lipinski definition) is 1. The highest BCUT2D eigenvalue weighted by molar-refractivity contribution is 6.31. The van der Waals surface area contributed by atoms with Crippen LogP contribution in [0.3, 0.4) is 0 Å². The molecule has 0 fully saturated rings. The number of nitrogens with one attached hydrogen (secondary N) is 1. The van der Waals surface area contributed by atoms with E-state index in [1.54, 1.807) is 0 Å². The van der Waals surface area contributed by atoms with Crippen LogP contribution in [0, 0.1) is 20.8 Å². The summed E-state index contributed by atoms with van der Waals surface area (Å²) < 4.78 is 3.77. The van der Waals surface area contributed by atoms with Crippen LogP contribution in [0.4, 0.5) is 0 Å². The Morgan fingerprint density at radius 1 is 1.13 bits per heavy atom. The number of rotatable bonds is 6. The summed E-state index contributed by atoms with van der Waals surface area (Å²) in [6.45, 7) is 6.35. The van der Waals surface area contributed by atoms with Gasteiger partial charge in [-0.1, -0.05) is 23.7 Å². The first-order valence-corrected chi connectivity index (χ1v) is 10.2. The van der Waals surface area contributed by atoms with E-state index < -0.39 is 0 Å². The first-order valence-electron chi connectivity index (χ1n) is 9.81. The van der Waals surface area contributed by atoms with E-state index in [9.17, 15) is 4.79 Å². The normalized spacial score (nSPS) is 11.2. The molecule has 1 amide bonds. The fraction of sp³-hybridized carbons (Fsp3) is 0.273. The molecule has 3 heterocycles. The lowest BCUT2D eigenvalue weighted by molar-refractivity contribution is -0.120. The molecule has 0 saturated heterocycles. The van der Waals surface area contributed by atoms with Crippen LogP contribution in [0.25, 0.3) is 11.3 Å². The first-order chi connectivity index (χ1) is 14.4. The van der Waals surface area contributed by atoms with Gasteiger partial charge in [-0.2, -0.15) is 5.10 Å². The molecule has 0 aliphatic carbocycles. The quantitative estimate of drug-likeness (QED) is 0.516. The molecular weight excluding hydrogens is 400 g/mol. The fourth-order valence-corrected chi connectivity index (χ4v) is 3.67. The maximum atomic E-state index is 12.5. The summed E-state index contributed by atoms with van der Waals surface area (Å²) in [5.41, 5.74) is 5.40. The van der Waals surface area contributed by atoms with Crippen LogP contribution in [-0.4, -0.2) is 36.8 Å². The predicted octanol–water partition coefficient (Wildman–Crippen LogP) is 3.40. The number of pyridine rings is 1. The van der Waals surface area contributed by atoms with E-state index in [4.69, 9.17) is 11.6 Å². The van der Waals surface area contributed by atoms with Crippen molar-refractivity contribution in [2.45, 2.75) is 33.6 Å². The largest absolute Gasteiger partial charge is 0.355 e. The molecule has 4 aromatic rings. The maximum Gasteiger partial charge on any atom is 0.224 e.